The molecule has 1 aliphatic rings. The average Bonchev–Trinajstić information content (AvgIpc) is 3.34. The summed E-state index contributed by atoms with van der Waals surface area (Å²) < 4.78 is 18.6. The molecule has 160 valence electrons. The fraction of sp³-hybridized carbons (Fsp3) is 0.304. The number of carbonyl (C=O) groups excluding carboxylic acids is 2. The summed E-state index contributed by atoms with van der Waals surface area (Å²) in [7, 11) is 0. The Morgan fingerprint density at radius 2 is 1.74 bits per heavy atom. The summed E-state index contributed by atoms with van der Waals surface area (Å²) in [5.74, 6) is -1.50. The maximum absolute atomic E-state index is 14.9. The lowest BCUT2D eigenvalue weighted by atomic mass is 9.94. The summed E-state index contributed by atoms with van der Waals surface area (Å²) in [6.45, 7) is 0. The van der Waals surface area contributed by atoms with E-state index in [1.165, 1.54) is 22.4 Å². The van der Waals surface area contributed by atoms with Crippen molar-refractivity contribution in [1.82, 2.24) is 14.9 Å². The Morgan fingerprint density at radius 1 is 1.03 bits per heavy atom. The molecule has 0 aliphatic heterocycles. The van der Waals surface area contributed by atoms with Crippen molar-refractivity contribution < 1.29 is 14.0 Å². The van der Waals surface area contributed by atoms with Crippen LogP contribution in [-0.2, 0) is 4.79 Å². The van der Waals surface area contributed by atoms with Gasteiger partial charge in [-0.3, -0.25) is 14.5 Å². The number of nitrogens with zero attached hydrogens (tertiary/aromatic N) is 3. The van der Waals surface area contributed by atoms with Crippen LogP contribution < -0.4 is 10.2 Å². The molecular formula is C23H23FN4O2S. The Morgan fingerprint density at radius 3 is 2.42 bits per heavy atom. The van der Waals surface area contributed by atoms with E-state index in [0.717, 1.165) is 43.6 Å². The van der Waals surface area contributed by atoms with Gasteiger partial charge in [-0.25, -0.2) is 4.39 Å². The maximum atomic E-state index is 14.9. The lowest BCUT2D eigenvalue weighted by molar-refractivity contribution is -0.123. The normalized spacial score (nSPS) is 15.3. The van der Waals surface area contributed by atoms with Crippen LogP contribution in [0.2, 0.25) is 0 Å². The second-order valence-corrected chi connectivity index (χ2v) is 8.18. The summed E-state index contributed by atoms with van der Waals surface area (Å²) in [5.41, 5.74) is 0.684. The van der Waals surface area contributed by atoms with Gasteiger partial charge in [0, 0.05) is 11.4 Å². The Hall–Kier alpha value is -3.13. The van der Waals surface area contributed by atoms with Crippen LogP contribution in [0.3, 0.4) is 0 Å². The molecule has 0 spiro atoms. The van der Waals surface area contributed by atoms with Crippen molar-refractivity contribution in [3.05, 3.63) is 77.1 Å². The molecule has 0 saturated heterocycles. The van der Waals surface area contributed by atoms with Crippen molar-refractivity contribution in [2.75, 3.05) is 4.90 Å². The van der Waals surface area contributed by atoms with E-state index >= 15 is 0 Å². The number of benzene rings is 2. The molecule has 1 heterocycles. The van der Waals surface area contributed by atoms with E-state index in [1.54, 1.807) is 36.4 Å². The van der Waals surface area contributed by atoms with Gasteiger partial charge in [-0.15, -0.1) is 5.10 Å². The molecule has 1 aromatic heterocycles. The van der Waals surface area contributed by atoms with Crippen LogP contribution in [0.4, 0.5) is 10.1 Å². The zero-order valence-corrected chi connectivity index (χ0v) is 17.7. The van der Waals surface area contributed by atoms with E-state index in [1.807, 2.05) is 6.07 Å². The largest absolute Gasteiger partial charge is 0.351 e. The minimum Gasteiger partial charge on any atom is -0.351 e. The van der Waals surface area contributed by atoms with Crippen molar-refractivity contribution in [2.24, 2.45) is 0 Å². The zero-order chi connectivity index (χ0) is 21.6. The summed E-state index contributed by atoms with van der Waals surface area (Å²) in [4.78, 5) is 28.2. The van der Waals surface area contributed by atoms with Crippen molar-refractivity contribution in [2.45, 2.75) is 44.2 Å². The molecule has 8 heteroatoms. The fourth-order valence-electron chi connectivity index (χ4n) is 3.97. The van der Waals surface area contributed by atoms with E-state index in [9.17, 15) is 14.0 Å². The number of rotatable bonds is 6. The third-order valence-corrected chi connectivity index (χ3v) is 5.99. The summed E-state index contributed by atoms with van der Waals surface area (Å²) in [5, 5.41) is 8.46. The van der Waals surface area contributed by atoms with E-state index < -0.39 is 17.8 Å². The van der Waals surface area contributed by atoms with Gasteiger partial charge < -0.3 is 5.32 Å². The lowest BCUT2D eigenvalue weighted by Gasteiger charge is -2.33. The number of aromatic nitrogens is 2. The first-order valence-electron chi connectivity index (χ1n) is 10.4. The Bertz CT molecular complexity index is 1020. The number of halogens is 1. The van der Waals surface area contributed by atoms with Crippen LogP contribution in [0, 0.1) is 5.82 Å². The molecule has 6 nitrogen and oxygen atoms in total. The third kappa shape index (κ3) is 4.80. The molecule has 2 aromatic carbocycles. The molecule has 2 amide bonds. The van der Waals surface area contributed by atoms with Crippen LogP contribution in [0.15, 0.2) is 60.0 Å². The summed E-state index contributed by atoms with van der Waals surface area (Å²) in [6.07, 6.45) is 5.07. The van der Waals surface area contributed by atoms with Gasteiger partial charge in [-0.05, 0) is 42.1 Å². The molecule has 1 unspecified atom stereocenters. The molecule has 1 saturated carbocycles. The number of nitrogens with one attached hydrogen (secondary N) is 1. The number of carbonyl (C=O) groups is 2. The first-order valence-corrected chi connectivity index (χ1v) is 11.2. The van der Waals surface area contributed by atoms with Gasteiger partial charge >= 0.3 is 0 Å². The highest BCUT2D eigenvalue weighted by molar-refractivity contribution is 7.03. The van der Waals surface area contributed by atoms with Gasteiger partial charge in [0.25, 0.3) is 5.91 Å². The second-order valence-electron chi connectivity index (χ2n) is 7.57. The quantitative estimate of drug-likeness (QED) is 0.614. The second kappa shape index (κ2) is 9.78. The van der Waals surface area contributed by atoms with Gasteiger partial charge in [0.05, 0.1) is 5.69 Å². The van der Waals surface area contributed by atoms with Gasteiger partial charge in [0.1, 0.15) is 11.9 Å². The Balaban J connectivity index is 1.78. The minimum absolute atomic E-state index is 0.0214. The Kier molecular flexibility index (Phi) is 6.66. The fourth-order valence-corrected chi connectivity index (χ4v) is 4.40. The minimum atomic E-state index is -1.05. The van der Waals surface area contributed by atoms with Crippen LogP contribution in [0.25, 0.3) is 0 Å². The smallest absolute Gasteiger partial charge is 0.280 e. The Labute approximate surface area is 184 Å². The molecule has 3 aromatic rings. The predicted octanol–water partition coefficient (Wildman–Crippen LogP) is 4.51. The van der Waals surface area contributed by atoms with Crippen molar-refractivity contribution in [1.29, 1.82) is 0 Å². The van der Waals surface area contributed by atoms with Gasteiger partial charge in [0.15, 0.2) is 5.69 Å². The molecule has 1 fully saturated rings. The highest BCUT2D eigenvalue weighted by Crippen LogP contribution is 2.32. The standard InChI is InChI=1S/C23H23FN4O2S/c24-18-13-7-8-14-20(18)28(23(30)19-15-31-27-26-19)21(16-9-3-1-4-10-16)22(29)25-17-11-5-2-6-12-17/h1,3-4,7-10,13-15,17,21H,2,5-6,11-12H2,(H,25,29). The van der Waals surface area contributed by atoms with Gasteiger partial charge in [-0.2, -0.15) is 0 Å². The number of hydrogen-bond acceptors (Lipinski definition) is 5. The SMILES string of the molecule is O=C(NC1CCCCC1)C(c1ccccc1)N(C(=O)c1csnn1)c1ccccc1F. The zero-order valence-electron chi connectivity index (χ0n) is 16.9. The molecule has 31 heavy (non-hydrogen) atoms. The number of para-hydroxylation sites is 1. The number of amides is 2. The maximum Gasteiger partial charge on any atom is 0.280 e. The van der Waals surface area contributed by atoms with Crippen molar-refractivity contribution >= 4 is 29.0 Å². The number of hydrogen-bond donors (Lipinski definition) is 1. The molecule has 1 atom stereocenters. The number of anilines is 1. The molecule has 1 N–H and O–H groups in total. The van der Waals surface area contributed by atoms with Crippen molar-refractivity contribution in [3.8, 4) is 0 Å². The average molecular weight is 439 g/mol. The first kappa shape index (κ1) is 21.1. The monoisotopic (exact) mass is 438 g/mol. The van der Waals surface area contributed by atoms with Crippen molar-refractivity contribution in [3.63, 3.8) is 0 Å². The van der Waals surface area contributed by atoms with E-state index in [0.29, 0.717) is 5.56 Å². The third-order valence-electron chi connectivity index (χ3n) is 5.48. The molecule has 0 bridgehead atoms. The van der Waals surface area contributed by atoms with Crippen LogP contribution in [-0.4, -0.2) is 27.4 Å². The molecule has 0 radical (unpaired) electrons. The predicted molar refractivity (Wildman–Crippen MR) is 117 cm³/mol. The highest BCUT2D eigenvalue weighted by atomic mass is 32.1. The van der Waals surface area contributed by atoms with Crippen LogP contribution >= 0.6 is 11.5 Å². The molecule has 1 aliphatic carbocycles. The van der Waals surface area contributed by atoms with E-state index in [2.05, 4.69) is 14.9 Å². The van der Waals surface area contributed by atoms with E-state index in [4.69, 9.17) is 0 Å². The summed E-state index contributed by atoms with van der Waals surface area (Å²) in [6, 6.07) is 13.9. The van der Waals surface area contributed by atoms with Crippen LogP contribution in [0.1, 0.15) is 54.2 Å². The van der Waals surface area contributed by atoms with Gasteiger partial charge in [0.2, 0.25) is 5.91 Å². The first-order chi connectivity index (χ1) is 15.1. The topological polar surface area (TPSA) is 75.2 Å². The lowest BCUT2D eigenvalue weighted by Crippen LogP contribution is -2.47. The molecular weight excluding hydrogens is 415 g/mol. The van der Waals surface area contributed by atoms with E-state index in [-0.39, 0.29) is 23.3 Å². The summed E-state index contributed by atoms with van der Waals surface area (Å²) >= 11 is 1.03. The van der Waals surface area contributed by atoms with Crippen LogP contribution in [0.5, 0.6) is 0 Å². The van der Waals surface area contributed by atoms with Gasteiger partial charge in [-0.1, -0.05) is 66.2 Å². The molecule has 4 rings (SSSR count). The highest BCUT2D eigenvalue weighted by Gasteiger charge is 2.36.